The van der Waals surface area contributed by atoms with Gasteiger partial charge in [-0.3, -0.25) is 4.79 Å². The molecule has 1 aromatic carbocycles. The maximum Gasteiger partial charge on any atom is 0.254 e. The van der Waals surface area contributed by atoms with E-state index in [1.54, 1.807) is 19.1 Å². The molecule has 3 nitrogen and oxygen atoms in total. The Kier molecular flexibility index (Phi) is 2.82. The van der Waals surface area contributed by atoms with Crippen LogP contribution in [-0.2, 0) is 0 Å². The summed E-state index contributed by atoms with van der Waals surface area (Å²) in [5.74, 6) is 0.232. The van der Waals surface area contributed by atoms with E-state index in [0.717, 1.165) is 26.1 Å². The predicted molar refractivity (Wildman–Crippen MR) is 66.9 cm³/mol. The van der Waals surface area contributed by atoms with Crippen molar-refractivity contribution in [3.63, 3.8) is 0 Å². The van der Waals surface area contributed by atoms with Gasteiger partial charge in [-0.1, -0.05) is 6.07 Å². The summed E-state index contributed by atoms with van der Waals surface area (Å²) >= 11 is 0. The zero-order chi connectivity index (χ0) is 12.7. The number of benzene rings is 1. The lowest BCUT2D eigenvalue weighted by atomic mass is 10.0. The standard InChI is InChI=1S/C14H17FN2O/c1-9-2-3-10(6-12(9)15)14(18)17-5-4-11-7-16-8-13(11)17/h2-3,6,11,13,16H,4-5,7-8H2,1H3/t11-,13+/m0/s1. The summed E-state index contributed by atoms with van der Waals surface area (Å²) in [7, 11) is 0. The summed E-state index contributed by atoms with van der Waals surface area (Å²) in [5.41, 5.74) is 1.04. The van der Waals surface area contributed by atoms with Crippen molar-refractivity contribution >= 4 is 5.91 Å². The van der Waals surface area contributed by atoms with Gasteiger partial charge >= 0.3 is 0 Å². The fourth-order valence-corrected chi connectivity index (χ4v) is 2.99. The van der Waals surface area contributed by atoms with Gasteiger partial charge in [-0.15, -0.1) is 0 Å². The van der Waals surface area contributed by atoms with Gasteiger partial charge in [0, 0.05) is 31.2 Å². The van der Waals surface area contributed by atoms with E-state index in [2.05, 4.69) is 5.32 Å². The first kappa shape index (κ1) is 11.7. The fourth-order valence-electron chi connectivity index (χ4n) is 2.99. The number of likely N-dealkylation sites (tertiary alicyclic amines) is 1. The minimum atomic E-state index is -0.304. The molecule has 2 aliphatic rings. The van der Waals surface area contributed by atoms with Gasteiger partial charge in [0.25, 0.3) is 5.91 Å². The Bertz CT molecular complexity index is 489. The average Bonchev–Trinajstić information content (AvgIpc) is 2.93. The van der Waals surface area contributed by atoms with Crippen LogP contribution >= 0.6 is 0 Å². The van der Waals surface area contributed by atoms with Gasteiger partial charge in [-0.05, 0) is 37.0 Å². The molecule has 0 radical (unpaired) electrons. The molecule has 2 saturated heterocycles. The molecule has 4 heteroatoms. The highest BCUT2D eigenvalue weighted by Crippen LogP contribution is 2.28. The van der Waals surface area contributed by atoms with Gasteiger partial charge < -0.3 is 10.2 Å². The molecule has 0 saturated carbocycles. The molecule has 3 rings (SSSR count). The molecule has 2 heterocycles. The first-order valence-corrected chi connectivity index (χ1v) is 6.44. The van der Waals surface area contributed by atoms with Crippen molar-refractivity contribution in [3.05, 3.63) is 35.1 Å². The van der Waals surface area contributed by atoms with E-state index in [0.29, 0.717) is 23.1 Å². The quantitative estimate of drug-likeness (QED) is 0.818. The number of amides is 1. The number of aryl methyl sites for hydroxylation is 1. The second-order valence-corrected chi connectivity index (χ2v) is 5.24. The lowest BCUT2D eigenvalue weighted by Gasteiger charge is -2.23. The van der Waals surface area contributed by atoms with Crippen molar-refractivity contribution in [1.29, 1.82) is 0 Å². The number of carbonyl (C=O) groups excluding carboxylic acids is 1. The molecule has 2 fully saturated rings. The summed E-state index contributed by atoms with van der Waals surface area (Å²) in [6, 6.07) is 5.04. The Morgan fingerprint density at radius 1 is 1.44 bits per heavy atom. The number of hydrogen-bond acceptors (Lipinski definition) is 2. The number of hydrogen-bond donors (Lipinski definition) is 1. The minimum Gasteiger partial charge on any atom is -0.334 e. The Morgan fingerprint density at radius 3 is 3.06 bits per heavy atom. The number of halogens is 1. The molecule has 96 valence electrons. The van der Waals surface area contributed by atoms with Gasteiger partial charge in [-0.25, -0.2) is 4.39 Å². The summed E-state index contributed by atoms with van der Waals surface area (Å²) < 4.78 is 13.5. The smallest absolute Gasteiger partial charge is 0.254 e. The Labute approximate surface area is 106 Å². The van der Waals surface area contributed by atoms with Gasteiger partial charge in [0.05, 0.1) is 0 Å². The van der Waals surface area contributed by atoms with Crippen molar-refractivity contribution in [3.8, 4) is 0 Å². The van der Waals surface area contributed by atoms with Crippen molar-refractivity contribution in [2.75, 3.05) is 19.6 Å². The van der Waals surface area contributed by atoms with Gasteiger partial charge in [0.1, 0.15) is 5.82 Å². The van der Waals surface area contributed by atoms with Crippen molar-refractivity contribution in [1.82, 2.24) is 10.2 Å². The summed E-state index contributed by atoms with van der Waals surface area (Å²) in [4.78, 5) is 14.3. The molecule has 0 unspecified atom stereocenters. The molecule has 0 bridgehead atoms. The normalized spacial score (nSPS) is 26.4. The molecule has 0 aromatic heterocycles. The summed E-state index contributed by atoms with van der Waals surface area (Å²) in [6.07, 6.45) is 1.05. The van der Waals surface area contributed by atoms with Crippen LogP contribution in [0.5, 0.6) is 0 Å². The number of rotatable bonds is 1. The third kappa shape index (κ3) is 1.81. The Hall–Kier alpha value is -1.42. The van der Waals surface area contributed by atoms with Crippen LogP contribution in [0.2, 0.25) is 0 Å². The van der Waals surface area contributed by atoms with Crippen LogP contribution < -0.4 is 5.32 Å². The van der Waals surface area contributed by atoms with E-state index >= 15 is 0 Å². The van der Waals surface area contributed by atoms with Crippen LogP contribution in [0, 0.1) is 18.7 Å². The summed E-state index contributed by atoms with van der Waals surface area (Å²) in [6.45, 7) is 4.36. The maximum atomic E-state index is 13.5. The SMILES string of the molecule is Cc1ccc(C(=O)N2CC[C@H]3CNC[C@H]32)cc1F. The lowest BCUT2D eigenvalue weighted by molar-refractivity contribution is 0.0736. The second kappa shape index (κ2) is 4.35. The van der Waals surface area contributed by atoms with Gasteiger partial charge in [-0.2, -0.15) is 0 Å². The largest absolute Gasteiger partial charge is 0.334 e. The summed E-state index contributed by atoms with van der Waals surface area (Å²) in [5, 5.41) is 3.31. The zero-order valence-electron chi connectivity index (χ0n) is 10.4. The van der Waals surface area contributed by atoms with E-state index in [9.17, 15) is 9.18 Å². The first-order valence-electron chi connectivity index (χ1n) is 6.44. The third-order valence-electron chi connectivity index (χ3n) is 4.12. The minimum absolute atomic E-state index is 0.0369. The van der Waals surface area contributed by atoms with Gasteiger partial charge in [0.15, 0.2) is 0 Å². The van der Waals surface area contributed by atoms with Gasteiger partial charge in [0.2, 0.25) is 0 Å². The zero-order valence-corrected chi connectivity index (χ0v) is 10.4. The van der Waals surface area contributed by atoms with Crippen molar-refractivity contribution in [2.45, 2.75) is 19.4 Å². The Balaban J connectivity index is 1.84. The number of carbonyl (C=O) groups is 1. The molecular weight excluding hydrogens is 231 g/mol. The maximum absolute atomic E-state index is 13.5. The first-order chi connectivity index (χ1) is 8.66. The van der Waals surface area contributed by atoms with Crippen LogP contribution in [0.3, 0.4) is 0 Å². The average molecular weight is 248 g/mol. The van der Waals surface area contributed by atoms with Crippen LogP contribution in [0.1, 0.15) is 22.3 Å². The molecular formula is C14H17FN2O. The van der Waals surface area contributed by atoms with Crippen LogP contribution in [0.15, 0.2) is 18.2 Å². The van der Waals surface area contributed by atoms with E-state index in [-0.39, 0.29) is 11.7 Å². The Morgan fingerprint density at radius 2 is 2.28 bits per heavy atom. The highest BCUT2D eigenvalue weighted by molar-refractivity contribution is 5.94. The molecule has 2 aliphatic heterocycles. The highest BCUT2D eigenvalue weighted by atomic mass is 19.1. The van der Waals surface area contributed by atoms with E-state index < -0.39 is 0 Å². The number of fused-ring (bicyclic) bond motifs is 1. The van der Waals surface area contributed by atoms with Crippen molar-refractivity contribution < 1.29 is 9.18 Å². The number of nitrogens with one attached hydrogen (secondary N) is 1. The van der Waals surface area contributed by atoms with E-state index in [1.165, 1.54) is 6.07 Å². The molecule has 18 heavy (non-hydrogen) atoms. The number of nitrogens with zero attached hydrogens (tertiary/aromatic N) is 1. The molecule has 1 N–H and O–H groups in total. The van der Waals surface area contributed by atoms with Crippen LogP contribution in [0.25, 0.3) is 0 Å². The second-order valence-electron chi connectivity index (χ2n) is 5.24. The molecule has 0 spiro atoms. The van der Waals surface area contributed by atoms with E-state index in [1.807, 2.05) is 4.90 Å². The predicted octanol–water partition coefficient (Wildman–Crippen LogP) is 1.57. The van der Waals surface area contributed by atoms with Crippen LogP contribution in [0.4, 0.5) is 4.39 Å². The fraction of sp³-hybridized carbons (Fsp3) is 0.500. The highest BCUT2D eigenvalue weighted by Gasteiger charge is 2.40. The third-order valence-corrected chi connectivity index (χ3v) is 4.12. The monoisotopic (exact) mass is 248 g/mol. The molecule has 2 atom stereocenters. The van der Waals surface area contributed by atoms with Crippen LogP contribution in [-0.4, -0.2) is 36.5 Å². The van der Waals surface area contributed by atoms with E-state index in [4.69, 9.17) is 0 Å². The molecule has 0 aliphatic carbocycles. The van der Waals surface area contributed by atoms with Crippen molar-refractivity contribution in [2.24, 2.45) is 5.92 Å². The lowest BCUT2D eigenvalue weighted by Crippen LogP contribution is -2.39. The molecule has 1 aromatic rings. The molecule has 1 amide bonds. The topological polar surface area (TPSA) is 32.3 Å².